The Hall–Kier alpha value is -0.920. The molecule has 7 heavy (non-hydrogen) atoms. The van der Waals surface area contributed by atoms with E-state index in [-0.39, 0.29) is 5.88 Å². The highest BCUT2D eigenvalue weighted by molar-refractivity contribution is 5.14. The summed E-state index contributed by atoms with van der Waals surface area (Å²) in [5, 5.41) is 8.60. The molecular weight excluding hydrogens is 90.1 g/mol. The van der Waals surface area contributed by atoms with Crippen LogP contribution in [0, 0.1) is 6.92 Å². The highest BCUT2D eigenvalue weighted by Gasteiger charge is 1.84. The molecule has 0 aromatic carbocycles. The van der Waals surface area contributed by atoms with E-state index in [0.29, 0.717) is 0 Å². The van der Waals surface area contributed by atoms with Crippen molar-refractivity contribution in [1.29, 1.82) is 0 Å². The summed E-state index contributed by atoms with van der Waals surface area (Å²) in [6.07, 6.45) is 0. The molecule has 0 saturated carbocycles. The van der Waals surface area contributed by atoms with Crippen LogP contribution < -0.4 is 0 Å². The van der Waals surface area contributed by atoms with Crippen LogP contribution in [-0.2, 0) is 0 Å². The maximum atomic E-state index is 8.60. The molecule has 0 aliphatic rings. The smallest absolute Gasteiger partial charge is 0.188 e. The molecule has 0 aliphatic heterocycles. The molecule has 0 unspecified atom stereocenters. The summed E-state index contributed by atoms with van der Waals surface area (Å²) in [7, 11) is 0. The molecule has 0 fully saturated rings. The van der Waals surface area contributed by atoms with Crippen molar-refractivity contribution in [2.45, 2.75) is 6.92 Å². The molecular formula is C5H7NO. The average Bonchev–Trinajstić information content (AvgIpc) is 1.87. The largest absolute Gasteiger partial charge is 0.495 e. The van der Waals surface area contributed by atoms with E-state index in [2.05, 4.69) is 4.98 Å². The van der Waals surface area contributed by atoms with Crippen molar-refractivity contribution in [3.05, 3.63) is 17.8 Å². The maximum Gasteiger partial charge on any atom is 0.188 e. The molecule has 0 atom stereocenters. The molecule has 2 nitrogen and oxygen atoms in total. The van der Waals surface area contributed by atoms with E-state index in [4.69, 9.17) is 5.11 Å². The van der Waals surface area contributed by atoms with E-state index in [9.17, 15) is 0 Å². The molecule has 1 heterocycles. The van der Waals surface area contributed by atoms with E-state index in [1.54, 1.807) is 6.07 Å². The lowest BCUT2D eigenvalue weighted by Crippen LogP contribution is -1.63. The third kappa shape index (κ3) is 0.738. The second-order valence-electron chi connectivity index (χ2n) is 1.53. The zero-order valence-corrected chi connectivity index (χ0v) is 4.10. The van der Waals surface area contributed by atoms with Gasteiger partial charge in [0.05, 0.1) is 0 Å². The summed E-state index contributed by atoms with van der Waals surface area (Å²) in [5.74, 6) is 0.234. The predicted molar refractivity (Wildman–Crippen MR) is 27.2 cm³/mol. The molecule has 0 saturated heterocycles. The minimum Gasteiger partial charge on any atom is -0.495 e. The van der Waals surface area contributed by atoms with Gasteiger partial charge in [0.25, 0.3) is 0 Å². The maximum absolute atomic E-state index is 8.60. The summed E-state index contributed by atoms with van der Waals surface area (Å²) < 4.78 is 0. The second kappa shape index (κ2) is 1.30. The van der Waals surface area contributed by atoms with Crippen molar-refractivity contribution in [2.24, 2.45) is 0 Å². The van der Waals surface area contributed by atoms with E-state index in [1.165, 1.54) is 0 Å². The van der Waals surface area contributed by atoms with Gasteiger partial charge in [-0.15, -0.1) is 0 Å². The van der Waals surface area contributed by atoms with Crippen LogP contribution >= 0.6 is 0 Å². The van der Waals surface area contributed by atoms with Gasteiger partial charge in [-0.1, -0.05) is 0 Å². The van der Waals surface area contributed by atoms with E-state index in [1.807, 2.05) is 13.0 Å². The van der Waals surface area contributed by atoms with E-state index in [0.717, 1.165) is 5.69 Å². The van der Waals surface area contributed by atoms with Crippen LogP contribution in [-0.4, -0.2) is 10.1 Å². The van der Waals surface area contributed by atoms with Crippen LogP contribution in [0.4, 0.5) is 0 Å². The number of hydrogen-bond acceptors (Lipinski definition) is 1. The van der Waals surface area contributed by atoms with Gasteiger partial charge in [0.1, 0.15) is 0 Å². The van der Waals surface area contributed by atoms with Crippen LogP contribution in [0.25, 0.3) is 0 Å². The van der Waals surface area contributed by atoms with Gasteiger partial charge in [-0.25, -0.2) is 0 Å². The number of aromatic hydroxyl groups is 1. The number of rotatable bonds is 0. The van der Waals surface area contributed by atoms with Gasteiger partial charge in [0, 0.05) is 5.69 Å². The molecule has 1 aromatic heterocycles. The monoisotopic (exact) mass is 97.1 g/mol. The van der Waals surface area contributed by atoms with Gasteiger partial charge in [0.15, 0.2) is 5.88 Å². The molecule has 1 aromatic rings. The zero-order chi connectivity index (χ0) is 5.28. The van der Waals surface area contributed by atoms with Gasteiger partial charge < -0.3 is 10.1 Å². The lowest BCUT2D eigenvalue weighted by Gasteiger charge is -1.77. The summed E-state index contributed by atoms with van der Waals surface area (Å²) in [5.41, 5.74) is 0.984. The van der Waals surface area contributed by atoms with Crippen molar-refractivity contribution in [3.8, 4) is 5.88 Å². The van der Waals surface area contributed by atoms with Crippen LogP contribution in [0.5, 0.6) is 5.88 Å². The number of aryl methyl sites for hydroxylation is 1. The van der Waals surface area contributed by atoms with Crippen LogP contribution in [0.1, 0.15) is 5.69 Å². The normalized spacial score (nSPS) is 9.29. The number of aromatic nitrogens is 1. The van der Waals surface area contributed by atoms with Crippen molar-refractivity contribution in [3.63, 3.8) is 0 Å². The summed E-state index contributed by atoms with van der Waals surface area (Å²) in [6.45, 7) is 1.89. The lowest BCUT2D eigenvalue weighted by molar-refractivity contribution is 0.456. The Bertz CT molecular complexity index is 140. The Morgan fingerprint density at radius 2 is 2.29 bits per heavy atom. The molecule has 0 radical (unpaired) electrons. The third-order valence-electron chi connectivity index (χ3n) is 0.816. The Balaban J connectivity index is 3.04. The van der Waals surface area contributed by atoms with Gasteiger partial charge in [-0.2, -0.15) is 0 Å². The minimum absolute atomic E-state index is 0.234. The van der Waals surface area contributed by atoms with Crippen molar-refractivity contribution in [2.75, 3.05) is 0 Å². The van der Waals surface area contributed by atoms with Crippen LogP contribution in [0.2, 0.25) is 0 Å². The Morgan fingerprint density at radius 3 is 2.43 bits per heavy atom. The number of H-pyrrole nitrogens is 1. The first-order valence-corrected chi connectivity index (χ1v) is 2.13. The Morgan fingerprint density at radius 1 is 1.57 bits per heavy atom. The standard InChI is InChI=1S/C5H7NO/c1-4-2-3-5(7)6-4/h2-3,6-7H,1H3. The second-order valence-corrected chi connectivity index (χ2v) is 1.53. The summed E-state index contributed by atoms with van der Waals surface area (Å²) >= 11 is 0. The van der Waals surface area contributed by atoms with Crippen molar-refractivity contribution in [1.82, 2.24) is 4.98 Å². The first kappa shape index (κ1) is 4.24. The summed E-state index contributed by atoms with van der Waals surface area (Å²) in [6, 6.07) is 3.44. The van der Waals surface area contributed by atoms with Gasteiger partial charge in [-0.05, 0) is 19.1 Å². The number of aromatic amines is 1. The molecule has 2 heteroatoms. The molecule has 0 spiro atoms. The molecule has 38 valence electrons. The Kier molecular flexibility index (Phi) is 0.785. The predicted octanol–water partition coefficient (Wildman–Crippen LogP) is 1.03. The zero-order valence-electron chi connectivity index (χ0n) is 4.10. The van der Waals surface area contributed by atoms with Crippen LogP contribution in [0.3, 0.4) is 0 Å². The molecule has 2 N–H and O–H groups in total. The Labute approximate surface area is 41.8 Å². The van der Waals surface area contributed by atoms with Crippen molar-refractivity contribution < 1.29 is 5.11 Å². The minimum atomic E-state index is 0.234. The first-order chi connectivity index (χ1) is 3.29. The fourth-order valence-corrected chi connectivity index (χ4v) is 0.489. The fourth-order valence-electron chi connectivity index (χ4n) is 0.489. The lowest BCUT2D eigenvalue weighted by atomic mass is 10.5. The number of nitrogens with one attached hydrogen (secondary N) is 1. The highest BCUT2D eigenvalue weighted by atomic mass is 16.3. The third-order valence-corrected chi connectivity index (χ3v) is 0.816. The van der Waals surface area contributed by atoms with E-state index >= 15 is 0 Å². The summed E-state index contributed by atoms with van der Waals surface area (Å²) in [4.78, 5) is 2.69. The number of hydrogen-bond donors (Lipinski definition) is 2. The average molecular weight is 97.1 g/mol. The van der Waals surface area contributed by atoms with Gasteiger partial charge in [0.2, 0.25) is 0 Å². The highest BCUT2D eigenvalue weighted by Crippen LogP contribution is 2.04. The van der Waals surface area contributed by atoms with Gasteiger partial charge >= 0.3 is 0 Å². The topological polar surface area (TPSA) is 36.0 Å². The molecule has 0 amide bonds. The first-order valence-electron chi connectivity index (χ1n) is 2.13. The van der Waals surface area contributed by atoms with E-state index < -0.39 is 0 Å². The van der Waals surface area contributed by atoms with Crippen molar-refractivity contribution >= 4 is 0 Å². The quantitative estimate of drug-likeness (QED) is 0.498. The molecule has 1 rings (SSSR count). The fraction of sp³-hybridized carbons (Fsp3) is 0.200. The SMILES string of the molecule is Cc1ccc(O)[nH]1. The van der Waals surface area contributed by atoms with Gasteiger partial charge in [-0.3, -0.25) is 0 Å². The van der Waals surface area contributed by atoms with Crippen LogP contribution in [0.15, 0.2) is 12.1 Å². The molecule has 0 bridgehead atoms. The molecule has 0 aliphatic carbocycles.